The lowest BCUT2D eigenvalue weighted by Crippen LogP contribution is -2.39. The van der Waals surface area contributed by atoms with E-state index in [1.165, 1.54) is 24.0 Å². The summed E-state index contributed by atoms with van der Waals surface area (Å²) in [4.78, 5) is 39.6. The zero-order chi connectivity index (χ0) is 29.6. The van der Waals surface area contributed by atoms with E-state index in [-0.39, 0.29) is 34.1 Å². The van der Waals surface area contributed by atoms with Crippen LogP contribution in [0.4, 0.5) is 5.82 Å². The highest BCUT2D eigenvalue weighted by Gasteiger charge is 2.31. The molecule has 214 valence electrons. The number of piperidine rings is 1. The number of rotatable bonds is 6. The highest BCUT2D eigenvalue weighted by Crippen LogP contribution is 2.35. The largest absolute Gasteiger partial charge is 0.383 e. The number of aromatic amines is 1. The van der Waals surface area contributed by atoms with Gasteiger partial charge in [0.25, 0.3) is 5.91 Å². The third-order valence-electron chi connectivity index (χ3n) is 7.50. The molecule has 6 rings (SSSR count). The summed E-state index contributed by atoms with van der Waals surface area (Å²) in [5, 5.41) is 11.9. The first-order valence-corrected chi connectivity index (χ1v) is 15.1. The van der Waals surface area contributed by atoms with Crippen molar-refractivity contribution in [1.82, 2.24) is 39.7 Å². The van der Waals surface area contributed by atoms with Crippen LogP contribution in [-0.2, 0) is 9.84 Å². The Morgan fingerprint density at radius 3 is 2.33 bits per heavy atom. The second-order valence-electron chi connectivity index (χ2n) is 10.2. The molecule has 5 aromatic rings. The number of ketones is 1. The van der Waals surface area contributed by atoms with Crippen molar-refractivity contribution in [2.75, 3.05) is 25.1 Å². The van der Waals surface area contributed by atoms with Gasteiger partial charge in [0.05, 0.1) is 28.0 Å². The maximum absolute atomic E-state index is 12.7. The number of H-pyrrole nitrogens is 1. The number of amides is 1. The number of benzene rings is 1. The molecule has 1 aromatic carbocycles. The molecule has 13 nitrogen and oxygen atoms in total. The lowest BCUT2D eigenvalue weighted by molar-refractivity contribution is 0.0699. The minimum atomic E-state index is -3.29. The van der Waals surface area contributed by atoms with Gasteiger partial charge < -0.3 is 15.6 Å². The monoisotopic (exact) mass is 585 g/mol. The van der Waals surface area contributed by atoms with Crippen LogP contribution in [0.5, 0.6) is 0 Å². The number of anilines is 1. The summed E-state index contributed by atoms with van der Waals surface area (Å²) in [5.74, 6) is -0.114. The SMILES string of the molecule is CC(=O)c1c(C2CCN(C(=O)c3nnc[nH]3)CC2)nc2c(-c3ccc(-c4ccc(S(C)(=O)=O)cc4)nc3)cnn2c1N. The average Bonchev–Trinajstić information content (AvgIpc) is 3.67. The van der Waals surface area contributed by atoms with E-state index in [4.69, 9.17) is 10.7 Å². The fraction of sp³-hybridized carbons (Fsp3) is 0.250. The van der Waals surface area contributed by atoms with Crippen molar-refractivity contribution < 1.29 is 18.0 Å². The molecule has 0 atom stereocenters. The number of likely N-dealkylation sites (tertiary alicyclic amines) is 1. The van der Waals surface area contributed by atoms with Crippen molar-refractivity contribution in [3.63, 3.8) is 0 Å². The zero-order valence-electron chi connectivity index (χ0n) is 22.9. The van der Waals surface area contributed by atoms with Crippen molar-refractivity contribution in [2.24, 2.45) is 0 Å². The molecule has 0 radical (unpaired) electrons. The summed E-state index contributed by atoms with van der Waals surface area (Å²) < 4.78 is 25.0. The Labute approximate surface area is 240 Å². The molecule has 5 heterocycles. The van der Waals surface area contributed by atoms with Gasteiger partial charge in [-0.3, -0.25) is 14.6 Å². The maximum Gasteiger partial charge on any atom is 0.291 e. The molecule has 0 aliphatic carbocycles. The van der Waals surface area contributed by atoms with Gasteiger partial charge in [0.1, 0.15) is 12.1 Å². The predicted molar refractivity (Wildman–Crippen MR) is 153 cm³/mol. The maximum atomic E-state index is 12.7. The molecule has 1 fully saturated rings. The normalized spacial score (nSPS) is 14.4. The first-order valence-electron chi connectivity index (χ1n) is 13.2. The quantitative estimate of drug-likeness (QED) is 0.281. The summed E-state index contributed by atoms with van der Waals surface area (Å²) in [6.45, 7) is 2.40. The van der Waals surface area contributed by atoms with Gasteiger partial charge >= 0.3 is 0 Å². The van der Waals surface area contributed by atoms with E-state index >= 15 is 0 Å². The van der Waals surface area contributed by atoms with Crippen LogP contribution < -0.4 is 5.73 Å². The Morgan fingerprint density at radius 2 is 1.74 bits per heavy atom. The standard InChI is InChI=1S/C28H27N9O4S/c1-16(38)23-24(18-9-11-36(12-10-18)28(39)26-31-15-32-35-26)34-27-21(14-33-37(27)25(23)29)19-5-8-22(30-13-19)17-3-6-20(7-4-17)42(2,40)41/h3-8,13-15,18H,9-12,29H2,1-2H3,(H,31,32,35). The molecule has 0 unspecified atom stereocenters. The summed E-state index contributed by atoms with van der Waals surface area (Å²) >= 11 is 0. The summed E-state index contributed by atoms with van der Waals surface area (Å²) in [5.41, 5.74) is 10.8. The van der Waals surface area contributed by atoms with Crippen LogP contribution in [0.3, 0.4) is 0 Å². The van der Waals surface area contributed by atoms with Crippen LogP contribution in [0, 0.1) is 0 Å². The van der Waals surface area contributed by atoms with Crippen molar-refractivity contribution >= 4 is 33.0 Å². The number of nitrogens with zero attached hydrogens (tertiary/aromatic N) is 7. The fourth-order valence-corrected chi connectivity index (χ4v) is 5.94. The van der Waals surface area contributed by atoms with Crippen LogP contribution >= 0.6 is 0 Å². The Morgan fingerprint density at radius 1 is 1.02 bits per heavy atom. The molecular formula is C28H27N9O4S. The molecule has 0 saturated carbocycles. The molecule has 14 heteroatoms. The number of fused-ring (bicyclic) bond motifs is 1. The third kappa shape index (κ3) is 4.89. The topological polar surface area (TPSA) is 182 Å². The van der Waals surface area contributed by atoms with Crippen LogP contribution in [0.1, 0.15) is 52.4 Å². The molecular weight excluding hydrogens is 558 g/mol. The van der Waals surface area contributed by atoms with Crippen molar-refractivity contribution in [1.29, 1.82) is 0 Å². The van der Waals surface area contributed by atoms with Crippen LogP contribution in [0.2, 0.25) is 0 Å². The van der Waals surface area contributed by atoms with E-state index in [0.717, 1.165) is 11.1 Å². The lowest BCUT2D eigenvalue weighted by Gasteiger charge is -2.32. The van der Waals surface area contributed by atoms with E-state index < -0.39 is 9.84 Å². The van der Waals surface area contributed by atoms with E-state index in [1.807, 2.05) is 12.1 Å². The van der Waals surface area contributed by atoms with Gasteiger partial charge in [0.15, 0.2) is 21.3 Å². The molecule has 1 saturated heterocycles. The van der Waals surface area contributed by atoms with Gasteiger partial charge in [0.2, 0.25) is 5.82 Å². The van der Waals surface area contributed by atoms with Crippen LogP contribution in [0.25, 0.3) is 28.0 Å². The Balaban J connectivity index is 1.31. The predicted octanol–water partition coefficient (Wildman–Crippen LogP) is 2.78. The second kappa shape index (κ2) is 10.4. The van der Waals surface area contributed by atoms with E-state index in [2.05, 4.69) is 25.3 Å². The van der Waals surface area contributed by atoms with Gasteiger partial charge in [-0.2, -0.15) is 9.61 Å². The highest BCUT2D eigenvalue weighted by atomic mass is 32.2. The van der Waals surface area contributed by atoms with Crippen molar-refractivity contribution in [3.8, 4) is 22.4 Å². The molecule has 0 spiro atoms. The number of carbonyl (C=O) groups excluding carboxylic acids is 2. The van der Waals surface area contributed by atoms with Crippen molar-refractivity contribution in [3.05, 3.63) is 72.2 Å². The summed E-state index contributed by atoms with van der Waals surface area (Å²) in [6, 6.07) is 10.3. The number of sulfone groups is 1. The minimum Gasteiger partial charge on any atom is -0.383 e. The first kappa shape index (κ1) is 27.2. The highest BCUT2D eigenvalue weighted by molar-refractivity contribution is 7.90. The number of hydrogen-bond acceptors (Lipinski definition) is 10. The number of nitrogens with two attached hydrogens (primary N) is 1. The Hall–Kier alpha value is -4.98. The first-order chi connectivity index (χ1) is 20.1. The minimum absolute atomic E-state index is 0.0897. The molecule has 1 aliphatic heterocycles. The molecule has 0 bridgehead atoms. The number of Topliss-reactive ketones (excluding diaryl/α,β-unsaturated/α-hetero) is 1. The van der Waals surface area contributed by atoms with Gasteiger partial charge in [-0.25, -0.2) is 13.4 Å². The number of nitrogens with one attached hydrogen (secondary N) is 1. The summed E-state index contributed by atoms with van der Waals surface area (Å²) in [7, 11) is -3.29. The molecule has 42 heavy (non-hydrogen) atoms. The Kier molecular flexibility index (Phi) is 6.77. The number of pyridine rings is 1. The van der Waals surface area contributed by atoms with Crippen LogP contribution in [-0.4, -0.2) is 79.1 Å². The lowest BCUT2D eigenvalue weighted by atomic mass is 9.89. The number of carbonyl (C=O) groups is 2. The molecule has 3 N–H and O–H groups in total. The van der Waals surface area contributed by atoms with Gasteiger partial charge in [-0.05, 0) is 38.0 Å². The number of aromatic nitrogens is 7. The van der Waals surface area contributed by atoms with E-state index in [9.17, 15) is 18.0 Å². The molecule has 1 aliphatic rings. The third-order valence-corrected chi connectivity index (χ3v) is 8.63. The second-order valence-corrected chi connectivity index (χ2v) is 12.3. The van der Waals surface area contributed by atoms with Gasteiger partial charge in [-0.15, -0.1) is 10.2 Å². The van der Waals surface area contributed by atoms with E-state index in [0.29, 0.717) is 54.1 Å². The fourth-order valence-electron chi connectivity index (χ4n) is 5.31. The van der Waals surface area contributed by atoms with Crippen molar-refractivity contribution in [2.45, 2.75) is 30.6 Å². The van der Waals surface area contributed by atoms with Gasteiger partial charge in [-0.1, -0.05) is 18.2 Å². The average molecular weight is 586 g/mol. The number of hydrogen-bond donors (Lipinski definition) is 2. The summed E-state index contributed by atoms with van der Waals surface area (Å²) in [6.07, 6.45) is 7.07. The zero-order valence-corrected chi connectivity index (χ0v) is 23.7. The molecule has 1 amide bonds. The smallest absolute Gasteiger partial charge is 0.291 e. The van der Waals surface area contributed by atoms with Gasteiger partial charge in [0, 0.05) is 48.2 Å². The number of nitrogen functional groups attached to an aromatic ring is 1. The van der Waals surface area contributed by atoms with Crippen LogP contribution in [0.15, 0.2) is 60.0 Å². The van der Waals surface area contributed by atoms with E-state index in [1.54, 1.807) is 41.6 Å². The molecule has 4 aromatic heterocycles. The Bertz CT molecular complexity index is 1910.